The fourth-order valence-electron chi connectivity index (χ4n) is 1.32. The molecule has 7 heteroatoms. The molecule has 1 N–H and O–H groups in total. The average Bonchev–Trinajstić information content (AvgIpc) is 2.71. The number of halogens is 1. The Hall–Kier alpha value is -1.82. The van der Waals surface area contributed by atoms with Gasteiger partial charge in [-0.1, -0.05) is 16.8 Å². The largest absolute Gasteiger partial charge is 0.375 e. The van der Waals surface area contributed by atoms with Crippen LogP contribution < -0.4 is 10.9 Å². The van der Waals surface area contributed by atoms with E-state index in [1.54, 1.807) is 6.07 Å². The van der Waals surface area contributed by atoms with Crippen molar-refractivity contribution in [2.45, 2.75) is 13.5 Å². The summed E-state index contributed by atoms with van der Waals surface area (Å²) >= 11 is 5.89. The van der Waals surface area contributed by atoms with Crippen LogP contribution in [0.25, 0.3) is 0 Å². The molecular weight excluding hydrogens is 244 g/mol. The summed E-state index contributed by atoms with van der Waals surface area (Å²) in [7, 11) is 1.54. The van der Waals surface area contributed by atoms with Gasteiger partial charge in [0.1, 0.15) is 5.02 Å². The first-order valence-electron chi connectivity index (χ1n) is 4.96. The number of nitrogens with zero attached hydrogens (tertiary/aromatic N) is 3. The first-order chi connectivity index (χ1) is 8.08. The SMILES string of the molecule is Cc1cc(CNc2cnn(C)c(=O)c2Cl)on1. The fourth-order valence-corrected chi connectivity index (χ4v) is 1.55. The van der Waals surface area contributed by atoms with E-state index in [0.29, 0.717) is 18.0 Å². The minimum Gasteiger partial charge on any atom is -0.375 e. The molecule has 0 bridgehead atoms. The Morgan fingerprint density at radius 2 is 2.35 bits per heavy atom. The monoisotopic (exact) mass is 254 g/mol. The van der Waals surface area contributed by atoms with Crippen molar-refractivity contribution in [2.24, 2.45) is 7.05 Å². The summed E-state index contributed by atoms with van der Waals surface area (Å²) in [6.45, 7) is 2.23. The number of rotatable bonds is 3. The lowest BCUT2D eigenvalue weighted by Crippen LogP contribution is -2.21. The highest BCUT2D eigenvalue weighted by Gasteiger charge is 2.08. The third kappa shape index (κ3) is 2.47. The van der Waals surface area contributed by atoms with Gasteiger partial charge < -0.3 is 9.84 Å². The second-order valence-corrected chi connectivity index (χ2v) is 3.97. The lowest BCUT2D eigenvalue weighted by molar-refractivity contribution is 0.384. The van der Waals surface area contributed by atoms with Crippen LogP contribution in [0, 0.1) is 6.92 Å². The van der Waals surface area contributed by atoms with Crippen molar-refractivity contribution < 1.29 is 4.52 Å². The Morgan fingerprint density at radius 3 is 3.00 bits per heavy atom. The van der Waals surface area contributed by atoms with E-state index in [1.807, 2.05) is 6.92 Å². The second kappa shape index (κ2) is 4.58. The average molecular weight is 255 g/mol. The summed E-state index contributed by atoms with van der Waals surface area (Å²) in [4.78, 5) is 11.5. The molecule has 17 heavy (non-hydrogen) atoms. The van der Waals surface area contributed by atoms with Crippen molar-refractivity contribution in [3.8, 4) is 0 Å². The number of anilines is 1. The Kier molecular flexibility index (Phi) is 3.14. The van der Waals surface area contributed by atoms with Crippen molar-refractivity contribution in [1.29, 1.82) is 0 Å². The van der Waals surface area contributed by atoms with E-state index in [0.717, 1.165) is 5.69 Å². The quantitative estimate of drug-likeness (QED) is 0.895. The Labute approximate surface area is 102 Å². The van der Waals surface area contributed by atoms with E-state index in [2.05, 4.69) is 15.6 Å². The molecule has 0 aromatic carbocycles. The third-order valence-corrected chi connectivity index (χ3v) is 2.57. The molecule has 2 aromatic heterocycles. The van der Waals surface area contributed by atoms with Gasteiger partial charge in [0.25, 0.3) is 5.56 Å². The summed E-state index contributed by atoms with van der Waals surface area (Å²) in [5.41, 5.74) is 0.934. The van der Waals surface area contributed by atoms with E-state index in [4.69, 9.17) is 16.1 Å². The van der Waals surface area contributed by atoms with Crippen LogP contribution in [0.1, 0.15) is 11.5 Å². The molecule has 90 valence electrons. The van der Waals surface area contributed by atoms with Crippen molar-refractivity contribution in [3.05, 3.63) is 39.1 Å². The maximum Gasteiger partial charge on any atom is 0.287 e. The molecule has 2 aromatic rings. The Bertz CT molecular complexity index is 590. The molecular formula is C10H11ClN4O2. The second-order valence-electron chi connectivity index (χ2n) is 3.59. The molecule has 0 amide bonds. The Balaban J connectivity index is 2.15. The van der Waals surface area contributed by atoms with Crippen LogP contribution >= 0.6 is 11.6 Å². The highest BCUT2D eigenvalue weighted by molar-refractivity contribution is 6.32. The van der Waals surface area contributed by atoms with Crippen LogP contribution in [-0.2, 0) is 13.6 Å². The zero-order chi connectivity index (χ0) is 12.4. The summed E-state index contributed by atoms with van der Waals surface area (Å²) in [6.07, 6.45) is 1.49. The van der Waals surface area contributed by atoms with Gasteiger partial charge in [-0.2, -0.15) is 5.10 Å². The van der Waals surface area contributed by atoms with Crippen LogP contribution in [0.2, 0.25) is 5.02 Å². The molecule has 0 spiro atoms. The number of hydrogen-bond acceptors (Lipinski definition) is 5. The molecule has 0 aliphatic carbocycles. The molecule has 0 fully saturated rings. The molecule has 0 saturated carbocycles. The molecule has 0 aliphatic rings. The standard InChI is InChI=1S/C10H11ClN4O2/c1-6-3-7(17-14-6)4-12-8-5-13-15(2)10(16)9(8)11/h3,5,12H,4H2,1-2H3. The predicted molar refractivity (Wildman–Crippen MR) is 63.1 cm³/mol. The number of aryl methyl sites for hydroxylation is 2. The van der Waals surface area contributed by atoms with Gasteiger partial charge in [-0.15, -0.1) is 0 Å². The van der Waals surface area contributed by atoms with Crippen LogP contribution in [0.15, 0.2) is 21.6 Å². The number of aromatic nitrogens is 3. The topological polar surface area (TPSA) is 73.0 Å². The molecule has 0 unspecified atom stereocenters. The van der Waals surface area contributed by atoms with Crippen LogP contribution in [0.5, 0.6) is 0 Å². The van der Waals surface area contributed by atoms with E-state index >= 15 is 0 Å². The van der Waals surface area contributed by atoms with Crippen LogP contribution in [0.3, 0.4) is 0 Å². The van der Waals surface area contributed by atoms with Gasteiger partial charge in [0.2, 0.25) is 0 Å². The molecule has 0 saturated heterocycles. The van der Waals surface area contributed by atoms with Gasteiger partial charge in [-0.05, 0) is 6.92 Å². The molecule has 0 atom stereocenters. The smallest absolute Gasteiger partial charge is 0.287 e. The van der Waals surface area contributed by atoms with Crippen LogP contribution in [0.4, 0.5) is 5.69 Å². The predicted octanol–water partition coefficient (Wildman–Crippen LogP) is 1.34. The zero-order valence-corrected chi connectivity index (χ0v) is 10.2. The fraction of sp³-hybridized carbons (Fsp3) is 0.300. The lowest BCUT2D eigenvalue weighted by atomic mass is 10.3. The van der Waals surface area contributed by atoms with Gasteiger partial charge in [-0.25, -0.2) is 4.68 Å². The van der Waals surface area contributed by atoms with E-state index in [-0.39, 0.29) is 10.6 Å². The maximum atomic E-state index is 11.5. The molecule has 2 rings (SSSR count). The highest BCUT2D eigenvalue weighted by Crippen LogP contribution is 2.16. The number of hydrogen-bond donors (Lipinski definition) is 1. The zero-order valence-electron chi connectivity index (χ0n) is 9.40. The Morgan fingerprint density at radius 1 is 1.59 bits per heavy atom. The first-order valence-corrected chi connectivity index (χ1v) is 5.33. The van der Waals surface area contributed by atoms with Crippen molar-refractivity contribution in [2.75, 3.05) is 5.32 Å². The van der Waals surface area contributed by atoms with E-state index in [1.165, 1.54) is 17.9 Å². The highest BCUT2D eigenvalue weighted by atomic mass is 35.5. The summed E-state index contributed by atoms with van der Waals surface area (Å²) in [5.74, 6) is 0.666. The summed E-state index contributed by atoms with van der Waals surface area (Å²) in [5, 5.41) is 10.7. The van der Waals surface area contributed by atoms with Crippen molar-refractivity contribution >= 4 is 17.3 Å². The minimum atomic E-state index is -0.342. The van der Waals surface area contributed by atoms with Gasteiger partial charge in [-0.3, -0.25) is 4.79 Å². The normalized spacial score (nSPS) is 10.5. The molecule has 0 radical (unpaired) electrons. The maximum absolute atomic E-state index is 11.5. The van der Waals surface area contributed by atoms with Gasteiger partial charge in [0, 0.05) is 13.1 Å². The minimum absolute atomic E-state index is 0.110. The van der Waals surface area contributed by atoms with E-state index < -0.39 is 0 Å². The summed E-state index contributed by atoms with van der Waals surface area (Å²) in [6, 6.07) is 1.80. The third-order valence-electron chi connectivity index (χ3n) is 2.21. The van der Waals surface area contributed by atoms with Crippen LogP contribution in [-0.4, -0.2) is 14.9 Å². The van der Waals surface area contributed by atoms with Gasteiger partial charge >= 0.3 is 0 Å². The van der Waals surface area contributed by atoms with Gasteiger partial charge in [0.05, 0.1) is 24.1 Å². The first kappa shape index (κ1) is 11.7. The number of nitrogens with one attached hydrogen (secondary N) is 1. The molecule has 2 heterocycles. The van der Waals surface area contributed by atoms with E-state index in [9.17, 15) is 4.79 Å². The molecule has 6 nitrogen and oxygen atoms in total. The van der Waals surface area contributed by atoms with Gasteiger partial charge in [0.15, 0.2) is 5.76 Å². The summed E-state index contributed by atoms with van der Waals surface area (Å²) < 4.78 is 6.19. The van der Waals surface area contributed by atoms with Crippen molar-refractivity contribution in [1.82, 2.24) is 14.9 Å². The lowest BCUT2D eigenvalue weighted by Gasteiger charge is -2.06. The van der Waals surface area contributed by atoms with Crippen molar-refractivity contribution in [3.63, 3.8) is 0 Å². The molecule has 0 aliphatic heterocycles.